The minimum Gasteiger partial charge on any atom is -0.291 e. The van der Waals surface area contributed by atoms with Crippen LogP contribution in [0.4, 0.5) is 0 Å². The Morgan fingerprint density at radius 1 is 0.380 bits per heavy atom. The highest BCUT2D eigenvalue weighted by atomic mass is 15.1. The van der Waals surface area contributed by atoms with Crippen LogP contribution in [0.15, 0.2) is 127 Å². The molecule has 7 heteroatoms. The molecule has 0 bridgehead atoms. The van der Waals surface area contributed by atoms with Crippen molar-refractivity contribution in [3.63, 3.8) is 0 Å². The van der Waals surface area contributed by atoms with E-state index in [2.05, 4.69) is 171 Å². The number of nitrogens with zero attached hydrogens (tertiary/aromatic N) is 2. The van der Waals surface area contributed by atoms with Crippen LogP contribution in [-0.2, 0) is 0 Å². The summed E-state index contributed by atoms with van der Waals surface area (Å²) in [6.45, 7) is 0. The number of hydrogen-bond acceptors (Lipinski definition) is 1. The summed E-state index contributed by atoms with van der Waals surface area (Å²) in [6.07, 6.45) is 0. The van der Waals surface area contributed by atoms with Crippen LogP contribution in [0.25, 0.3) is 93.8 Å². The quantitative estimate of drug-likeness (QED) is 0.217. The average Bonchev–Trinajstić information content (AvgIpc) is 3.69. The Morgan fingerprint density at radius 2 is 0.860 bits per heavy atom. The zero-order valence-electron chi connectivity index (χ0n) is 29.0. The maximum absolute atomic E-state index is 5.44. The van der Waals surface area contributed by atoms with Crippen LogP contribution in [-0.4, -0.2) is 48.8 Å². The fourth-order valence-electron chi connectivity index (χ4n) is 8.92. The molecule has 2 nitrogen and oxygen atoms in total. The summed E-state index contributed by atoms with van der Waals surface area (Å²) >= 11 is 0. The van der Waals surface area contributed by atoms with E-state index in [1.807, 2.05) is 0 Å². The molecule has 0 N–H and O–H groups in total. The molecule has 50 heavy (non-hydrogen) atoms. The molecule has 9 aromatic rings. The van der Waals surface area contributed by atoms with Gasteiger partial charge in [-0.15, -0.1) is 16.4 Å². The first-order chi connectivity index (χ1) is 24.4. The molecular weight excluding hydrogens is 599 g/mol. The van der Waals surface area contributed by atoms with Gasteiger partial charge in [0.05, 0.1) is 16.7 Å². The van der Waals surface area contributed by atoms with Crippen LogP contribution < -0.4 is 27.3 Å². The topological polar surface area (TPSA) is 17.8 Å². The third-order valence-corrected chi connectivity index (χ3v) is 11.7. The van der Waals surface area contributed by atoms with Gasteiger partial charge in [-0.1, -0.05) is 126 Å². The smallest absolute Gasteiger partial charge is 0.144 e. The SMILES string of the molecule is Bc1c(B)c(B)c(-c2nc3ccccc3n2-c2c3ccccc3c(-c3ccc4c5c(cccc35)-c3ccccc3-4)c3ccccc23)c(B)c1B. The van der Waals surface area contributed by atoms with E-state index >= 15 is 0 Å². The van der Waals surface area contributed by atoms with Crippen molar-refractivity contribution in [2.75, 3.05) is 0 Å². The van der Waals surface area contributed by atoms with Crippen molar-refractivity contribution in [2.45, 2.75) is 0 Å². The van der Waals surface area contributed by atoms with Crippen molar-refractivity contribution >= 4 is 110 Å². The second-order valence-corrected chi connectivity index (χ2v) is 14.0. The normalized spacial score (nSPS) is 12.0. The van der Waals surface area contributed by atoms with Gasteiger partial charge in [0.2, 0.25) is 0 Å². The standard InChI is InChI=1S/C43H31B5N2/c44-37-36(38(45)40(47)41(48)39(37)46)43-49-32-18-7-8-19-33(32)50(43)42-30-14-5-3-12-26(30)35(27-13-4-6-15-31(27)42)29-21-20-28-23-11-2-1-10-22(23)24-16-9-17-25(29)34(24)28/h1-21H,44-48H2. The van der Waals surface area contributed by atoms with Crippen molar-refractivity contribution in [1.29, 1.82) is 0 Å². The minimum atomic E-state index is 0.999. The summed E-state index contributed by atoms with van der Waals surface area (Å²) in [5, 5.41) is 7.56. The van der Waals surface area contributed by atoms with Crippen molar-refractivity contribution in [3.8, 4) is 50.5 Å². The fraction of sp³-hybridized carbons (Fsp3) is 0. The van der Waals surface area contributed by atoms with Gasteiger partial charge in [0.1, 0.15) is 45.1 Å². The largest absolute Gasteiger partial charge is 0.291 e. The molecule has 1 heterocycles. The van der Waals surface area contributed by atoms with Crippen molar-refractivity contribution in [1.82, 2.24) is 9.55 Å². The molecule has 0 saturated carbocycles. The van der Waals surface area contributed by atoms with Gasteiger partial charge >= 0.3 is 0 Å². The highest BCUT2D eigenvalue weighted by Crippen LogP contribution is 2.51. The molecule has 228 valence electrons. The molecule has 0 unspecified atom stereocenters. The molecule has 0 atom stereocenters. The Morgan fingerprint density at radius 3 is 1.52 bits per heavy atom. The van der Waals surface area contributed by atoms with Crippen LogP contribution in [0.3, 0.4) is 0 Å². The second-order valence-electron chi connectivity index (χ2n) is 14.0. The van der Waals surface area contributed by atoms with Crippen LogP contribution in [0.1, 0.15) is 0 Å². The van der Waals surface area contributed by atoms with Crippen LogP contribution in [0.2, 0.25) is 0 Å². The molecule has 1 aliphatic rings. The van der Waals surface area contributed by atoms with Crippen molar-refractivity contribution < 1.29 is 0 Å². The van der Waals surface area contributed by atoms with Gasteiger partial charge in [-0.2, -0.15) is 0 Å². The van der Waals surface area contributed by atoms with E-state index in [1.165, 1.54) is 104 Å². The molecule has 0 aliphatic heterocycles. The van der Waals surface area contributed by atoms with Crippen LogP contribution in [0, 0.1) is 0 Å². The van der Waals surface area contributed by atoms with Gasteiger partial charge in [-0.3, -0.25) is 4.57 Å². The summed E-state index contributed by atoms with van der Waals surface area (Å²) in [5.41, 5.74) is 19.0. The summed E-state index contributed by atoms with van der Waals surface area (Å²) < 4.78 is 2.46. The van der Waals surface area contributed by atoms with E-state index in [0.717, 1.165) is 16.9 Å². The van der Waals surface area contributed by atoms with Gasteiger partial charge in [0, 0.05) is 16.3 Å². The second kappa shape index (κ2) is 10.7. The lowest BCUT2D eigenvalue weighted by Crippen LogP contribution is -2.55. The van der Waals surface area contributed by atoms with Gasteiger partial charge in [0.15, 0.2) is 0 Å². The Balaban J connectivity index is 1.36. The first-order valence-electron chi connectivity index (χ1n) is 17.6. The van der Waals surface area contributed by atoms with Gasteiger partial charge in [-0.25, -0.2) is 4.98 Å². The number of hydrogen-bond donors (Lipinski definition) is 0. The van der Waals surface area contributed by atoms with E-state index < -0.39 is 0 Å². The van der Waals surface area contributed by atoms with E-state index in [0.29, 0.717) is 0 Å². The number of aromatic nitrogens is 2. The molecule has 0 radical (unpaired) electrons. The maximum atomic E-state index is 5.44. The summed E-state index contributed by atoms with van der Waals surface area (Å²) in [5.74, 6) is 0.999. The Kier molecular flexibility index (Phi) is 6.24. The number of para-hydroxylation sites is 2. The molecule has 10 rings (SSSR count). The first-order valence-corrected chi connectivity index (χ1v) is 17.6. The lowest BCUT2D eigenvalue weighted by Gasteiger charge is -2.23. The maximum Gasteiger partial charge on any atom is 0.144 e. The summed E-state index contributed by atoms with van der Waals surface area (Å²) in [4.78, 5) is 5.44. The molecule has 1 aromatic heterocycles. The molecule has 1 aliphatic carbocycles. The zero-order chi connectivity index (χ0) is 33.8. The molecule has 0 amide bonds. The van der Waals surface area contributed by atoms with E-state index in [-0.39, 0.29) is 0 Å². The average molecular weight is 630 g/mol. The number of benzene rings is 8. The summed E-state index contributed by atoms with van der Waals surface area (Å²) in [7, 11) is 11.3. The summed E-state index contributed by atoms with van der Waals surface area (Å²) in [6, 6.07) is 47.0. The van der Waals surface area contributed by atoms with Crippen molar-refractivity contribution in [2.24, 2.45) is 0 Å². The predicted octanol–water partition coefficient (Wildman–Crippen LogP) is 2.76. The first kappa shape index (κ1) is 29.3. The highest BCUT2D eigenvalue weighted by Gasteiger charge is 2.27. The van der Waals surface area contributed by atoms with Gasteiger partial charge in [0.25, 0.3) is 0 Å². The van der Waals surface area contributed by atoms with E-state index in [9.17, 15) is 0 Å². The molecule has 0 fully saturated rings. The van der Waals surface area contributed by atoms with Gasteiger partial charge in [-0.05, 0) is 67.1 Å². The van der Waals surface area contributed by atoms with E-state index in [1.54, 1.807) is 0 Å². The predicted molar refractivity (Wildman–Crippen MR) is 230 cm³/mol. The number of rotatable bonds is 3. The monoisotopic (exact) mass is 630 g/mol. The van der Waals surface area contributed by atoms with E-state index in [4.69, 9.17) is 4.98 Å². The molecule has 0 spiro atoms. The number of fused-ring (bicyclic) bond motifs is 6. The lowest BCUT2D eigenvalue weighted by molar-refractivity contribution is 1.13. The Labute approximate surface area is 296 Å². The Bertz CT molecular complexity index is 2830. The zero-order valence-corrected chi connectivity index (χ0v) is 29.0. The molecule has 8 aromatic carbocycles. The van der Waals surface area contributed by atoms with Gasteiger partial charge < -0.3 is 0 Å². The minimum absolute atomic E-state index is 0.999. The third-order valence-electron chi connectivity index (χ3n) is 11.7. The number of imidazole rings is 1. The lowest BCUT2D eigenvalue weighted by atomic mass is 9.60. The van der Waals surface area contributed by atoms with Crippen LogP contribution in [0.5, 0.6) is 0 Å². The molecular formula is C43H31B5N2. The third kappa shape index (κ3) is 3.83. The fourth-order valence-corrected chi connectivity index (χ4v) is 8.92. The van der Waals surface area contributed by atoms with Crippen molar-refractivity contribution in [3.05, 3.63) is 127 Å². The highest BCUT2D eigenvalue weighted by molar-refractivity contribution is 6.68. The van der Waals surface area contributed by atoms with Crippen LogP contribution >= 0.6 is 0 Å². The Hall–Kier alpha value is -5.67. The molecule has 0 saturated heterocycles.